The van der Waals surface area contributed by atoms with Crippen LogP contribution in [0.15, 0.2) is 35.4 Å². The highest BCUT2D eigenvalue weighted by Gasteiger charge is 2.13. The van der Waals surface area contributed by atoms with Crippen LogP contribution in [0.5, 0.6) is 17.2 Å². The van der Waals surface area contributed by atoms with E-state index in [2.05, 4.69) is 10.5 Å². The van der Waals surface area contributed by atoms with Gasteiger partial charge in [0.25, 0.3) is 5.91 Å². The minimum absolute atomic E-state index is 0.000803. The van der Waals surface area contributed by atoms with Crippen molar-refractivity contribution >= 4 is 23.7 Å². The Morgan fingerprint density at radius 1 is 1.23 bits per heavy atom. The summed E-state index contributed by atoms with van der Waals surface area (Å²) in [5, 5.41) is 31.5. The van der Waals surface area contributed by atoms with E-state index in [0.717, 1.165) is 18.3 Å². The van der Waals surface area contributed by atoms with Gasteiger partial charge in [-0.1, -0.05) is 17.7 Å². The van der Waals surface area contributed by atoms with Gasteiger partial charge in [-0.25, -0.2) is 9.82 Å². The molecule has 0 spiro atoms. The van der Waals surface area contributed by atoms with Crippen LogP contribution in [0.3, 0.4) is 0 Å². The number of amides is 1. The van der Waals surface area contributed by atoms with E-state index in [1.807, 2.05) is 0 Å². The van der Waals surface area contributed by atoms with Crippen molar-refractivity contribution in [2.24, 2.45) is 5.10 Å². The molecule has 8 heteroatoms. The Balaban J connectivity index is 2.15. The fourth-order valence-corrected chi connectivity index (χ4v) is 1.80. The van der Waals surface area contributed by atoms with Crippen LogP contribution in [0.1, 0.15) is 15.9 Å². The predicted octanol–water partition coefficient (Wildman–Crippen LogP) is 2.36. The molecule has 0 unspecified atom stereocenters. The van der Waals surface area contributed by atoms with Crippen LogP contribution in [-0.2, 0) is 0 Å². The van der Waals surface area contributed by atoms with Gasteiger partial charge < -0.3 is 15.3 Å². The van der Waals surface area contributed by atoms with E-state index in [4.69, 9.17) is 11.6 Å². The first-order valence-corrected chi connectivity index (χ1v) is 6.30. The Hall–Kier alpha value is -2.80. The molecular formula is C14H10ClFN2O4. The maximum Gasteiger partial charge on any atom is 0.271 e. The number of hydrazone groups is 1. The highest BCUT2D eigenvalue weighted by molar-refractivity contribution is 6.33. The number of benzene rings is 2. The zero-order valence-corrected chi connectivity index (χ0v) is 11.7. The number of phenols is 3. The summed E-state index contributed by atoms with van der Waals surface area (Å²) < 4.78 is 13.5. The third-order valence-electron chi connectivity index (χ3n) is 2.69. The minimum Gasteiger partial charge on any atom is -0.504 e. The van der Waals surface area contributed by atoms with Gasteiger partial charge in [-0.15, -0.1) is 0 Å². The van der Waals surface area contributed by atoms with Gasteiger partial charge >= 0.3 is 0 Å². The van der Waals surface area contributed by atoms with Crippen LogP contribution in [0, 0.1) is 5.82 Å². The van der Waals surface area contributed by atoms with Gasteiger partial charge in [0.1, 0.15) is 5.82 Å². The topological polar surface area (TPSA) is 102 Å². The molecule has 2 aromatic carbocycles. The molecule has 0 heterocycles. The minimum atomic E-state index is -0.783. The predicted molar refractivity (Wildman–Crippen MR) is 77.9 cm³/mol. The maximum atomic E-state index is 13.5. The molecule has 0 aromatic heterocycles. The zero-order chi connectivity index (χ0) is 16.3. The normalized spacial score (nSPS) is 10.8. The maximum absolute atomic E-state index is 13.5. The number of nitrogens with one attached hydrogen (secondary N) is 1. The van der Waals surface area contributed by atoms with Crippen molar-refractivity contribution < 1.29 is 24.5 Å². The average molecular weight is 325 g/mol. The second-order valence-corrected chi connectivity index (χ2v) is 4.60. The van der Waals surface area contributed by atoms with E-state index in [-0.39, 0.29) is 16.1 Å². The lowest BCUT2D eigenvalue weighted by Crippen LogP contribution is -2.17. The van der Waals surface area contributed by atoms with E-state index in [9.17, 15) is 24.5 Å². The number of rotatable bonds is 3. The van der Waals surface area contributed by atoms with Crippen molar-refractivity contribution in [2.75, 3.05) is 0 Å². The largest absolute Gasteiger partial charge is 0.504 e. The fourth-order valence-electron chi connectivity index (χ4n) is 1.59. The van der Waals surface area contributed by atoms with E-state index >= 15 is 0 Å². The molecular weight excluding hydrogens is 315 g/mol. The van der Waals surface area contributed by atoms with Crippen molar-refractivity contribution in [3.05, 3.63) is 52.3 Å². The van der Waals surface area contributed by atoms with Crippen molar-refractivity contribution in [1.82, 2.24) is 5.43 Å². The third-order valence-corrected chi connectivity index (χ3v) is 3.02. The molecule has 0 fully saturated rings. The second kappa shape index (κ2) is 6.31. The Labute approximate surface area is 129 Å². The lowest BCUT2D eigenvalue weighted by molar-refractivity contribution is 0.0954. The summed E-state index contributed by atoms with van der Waals surface area (Å²) in [6.45, 7) is 0. The van der Waals surface area contributed by atoms with Gasteiger partial charge in [-0.2, -0.15) is 5.10 Å². The molecule has 0 atom stereocenters. The van der Waals surface area contributed by atoms with Crippen molar-refractivity contribution in [3.63, 3.8) is 0 Å². The molecule has 0 saturated carbocycles. The number of carbonyl (C=O) groups is 1. The average Bonchev–Trinajstić information content (AvgIpc) is 2.47. The first-order valence-electron chi connectivity index (χ1n) is 5.92. The van der Waals surface area contributed by atoms with Crippen LogP contribution in [-0.4, -0.2) is 27.4 Å². The summed E-state index contributed by atoms with van der Waals surface area (Å²) in [6.07, 6.45) is 1.02. The molecule has 0 radical (unpaired) electrons. The monoisotopic (exact) mass is 324 g/mol. The van der Waals surface area contributed by atoms with Crippen LogP contribution >= 0.6 is 11.6 Å². The molecule has 2 aromatic rings. The van der Waals surface area contributed by atoms with E-state index in [1.165, 1.54) is 18.2 Å². The first kappa shape index (κ1) is 15.6. The number of hydrogen-bond donors (Lipinski definition) is 4. The Morgan fingerprint density at radius 3 is 2.45 bits per heavy atom. The highest BCUT2D eigenvalue weighted by atomic mass is 35.5. The zero-order valence-electron chi connectivity index (χ0n) is 10.9. The number of phenolic OH excluding ortho intramolecular Hbond substituents is 3. The van der Waals surface area contributed by atoms with Gasteiger partial charge in [-0.05, 0) is 24.3 Å². The molecule has 114 valence electrons. The van der Waals surface area contributed by atoms with Crippen LogP contribution in [0.25, 0.3) is 0 Å². The molecule has 6 nitrogen and oxygen atoms in total. The number of hydrogen-bond acceptors (Lipinski definition) is 5. The summed E-state index contributed by atoms with van der Waals surface area (Å²) in [6, 6.07) is 5.95. The number of carbonyl (C=O) groups excluding carboxylic acids is 1. The summed E-state index contributed by atoms with van der Waals surface area (Å²) in [7, 11) is 0. The smallest absolute Gasteiger partial charge is 0.271 e. The Morgan fingerprint density at radius 2 is 1.86 bits per heavy atom. The van der Waals surface area contributed by atoms with Crippen molar-refractivity contribution in [2.45, 2.75) is 0 Å². The van der Waals surface area contributed by atoms with Crippen LogP contribution in [0.2, 0.25) is 5.02 Å². The summed E-state index contributed by atoms with van der Waals surface area (Å²) in [5.41, 5.74) is 1.93. The molecule has 0 aliphatic heterocycles. The van der Waals surface area contributed by atoms with Crippen LogP contribution in [0.4, 0.5) is 4.39 Å². The highest BCUT2D eigenvalue weighted by Crippen LogP contribution is 2.35. The quantitative estimate of drug-likeness (QED) is 0.395. The van der Waals surface area contributed by atoms with Gasteiger partial charge in [0, 0.05) is 11.1 Å². The molecule has 0 bridgehead atoms. The van der Waals surface area contributed by atoms with E-state index in [1.54, 1.807) is 0 Å². The van der Waals surface area contributed by atoms with Crippen LogP contribution < -0.4 is 5.43 Å². The van der Waals surface area contributed by atoms with E-state index in [0.29, 0.717) is 0 Å². The second-order valence-electron chi connectivity index (χ2n) is 4.20. The molecule has 0 aliphatic carbocycles. The number of nitrogens with zero attached hydrogens (tertiary/aromatic N) is 1. The standard InChI is InChI=1S/C14H10ClFN2O4/c15-9-2-1-3-10(16)8(9)6-17-18-14(22)7-4-11(19)13(21)12(20)5-7/h1-6,19-21H,(H,18,22)/b17-6-. The lowest BCUT2D eigenvalue weighted by Gasteiger charge is -2.04. The molecule has 1 amide bonds. The van der Waals surface area contributed by atoms with Crippen molar-refractivity contribution in [3.8, 4) is 17.2 Å². The number of aromatic hydroxyl groups is 3. The van der Waals surface area contributed by atoms with Gasteiger partial charge in [0.15, 0.2) is 17.2 Å². The molecule has 2 rings (SSSR count). The third kappa shape index (κ3) is 3.26. The molecule has 22 heavy (non-hydrogen) atoms. The van der Waals surface area contributed by atoms with Gasteiger partial charge in [0.05, 0.1) is 11.2 Å². The summed E-state index contributed by atoms with van der Waals surface area (Å²) in [5.74, 6) is -3.45. The van der Waals surface area contributed by atoms with Gasteiger partial charge in [-0.3, -0.25) is 4.79 Å². The first-order chi connectivity index (χ1) is 10.4. The molecule has 0 aliphatic rings. The lowest BCUT2D eigenvalue weighted by atomic mass is 10.2. The molecule has 0 saturated heterocycles. The van der Waals surface area contributed by atoms with E-state index < -0.39 is 29.0 Å². The fraction of sp³-hybridized carbons (Fsp3) is 0. The SMILES string of the molecule is O=C(N/N=C\c1c(F)cccc1Cl)c1cc(O)c(O)c(O)c1. The Bertz CT molecular complexity index is 721. The van der Waals surface area contributed by atoms with Crippen molar-refractivity contribution in [1.29, 1.82) is 0 Å². The summed E-state index contributed by atoms with van der Waals surface area (Å²) >= 11 is 5.78. The number of halogens is 2. The molecule has 4 N–H and O–H groups in total. The Kier molecular flexibility index (Phi) is 4.47. The summed E-state index contributed by atoms with van der Waals surface area (Å²) in [4.78, 5) is 11.8. The van der Waals surface area contributed by atoms with Gasteiger partial charge in [0.2, 0.25) is 0 Å².